The van der Waals surface area contributed by atoms with Crippen LogP contribution in [0.15, 0.2) is 48.6 Å². The fourth-order valence-electron chi connectivity index (χ4n) is 6.97. The largest absolute Gasteiger partial charge is 0.465 e. The van der Waals surface area contributed by atoms with E-state index < -0.39 is 35.0 Å². The minimum absolute atomic E-state index is 0.0625. The monoisotopic (exact) mass is 563 g/mol. The van der Waals surface area contributed by atoms with Crippen molar-refractivity contribution in [3.63, 3.8) is 0 Å². The number of fused-ring (bicyclic) bond motifs is 3. The summed E-state index contributed by atoms with van der Waals surface area (Å²) < 4.78 is 14.2. The van der Waals surface area contributed by atoms with Crippen molar-refractivity contribution in [1.82, 2.24) is 24.8 Å². The van der Waals surface area contributed by atoms with Crippen molar-refractivity contribution in [2.24, 2.45) is 11.8 Å². The van der Waals surface area contributed by atoms with Gasteiger partial charge in [-0.2, -0.15) is 0 Å². The maximum atomic E-state index is 14.5. The highest BCUT2D eigenvalue weighted by molar-refractivity contribution is 5.99. The molecule has 0 aliphatic carbocycles. The number of carbonyl (C=O) groups excluding carboxylic acids is 3. The van der Waals surface area contributed by atoms with E-state index >= 15 is 0 Å². The highest BCUT2D eigenvalue weighted by Crippen LogP contribution is 2.57. The lowest BCUT2D eigenvalue weighted by atomic mass is 9.74. The molecule has 1 spiro atoms. The van der Waals surface area contributed by atoms with Gasteiger partial charge in [0, 0.05) is 19.7 Å². The summed E-state index contributed by atoms with van der Waals surface area (Å²) in [7, 11) is 0. The molecule has 2 fully saturated rings. The van der Waals surface area contributed by atoms with Gasteiger partial charge in [-0.25, -0.2) is 4.68 Å². The Bertz CT molecular complexity index is 1390. The number of rotatable bonds is 7. The highest BCUT2D eigenvalue weighted by Gasteiger charge is 2.74. The molecule has 1 N–H and O–H groups in total. The van der Waals surface area contributed by atoms with Gasteiger partial charge in [-0.15, -0.1) is 5.10 Å². The third-order valence-electron chi connectivity index (χ3n) is 8.87. The molecule has 0 saturated carbocycles. The number of carbonyl (C=O) groups is 3. The SMILES string of the molecule is C[C@]12/C=C\CCCCOC(=O)[C@H]1[C@H]1C(=O)N(CCCCCO)C3C(=O)N(Cn4nnc5ccccc54)CC=C[C@@]31O2. The van der Waals surface area contributed by atoms with Crippen LogP contribution < -0.4 is 0 Å². The average Bonchev–Trinajstić information content (AvgIpc) is 3.52. The number of unbranched alkanes of at least 4 members (excludes halogenated alkanes) is 2. The number of likely N-dealkylation sites (tertiary alicyclic amines) is 1. The lowest BCUT2D eigenvalue weighted by Crippen LogP contribution is -2.56. The quantitative estimate of drug-likeness (QED) is 0.309. The minimum Gasteiger partial charge on any atom is -0.465 e. The molecule has 0 bridgehead atoms. The zero-order valence-corrected chi connectivity index (χ0v) is 23.4. The number of amides is 2. The topological polar surface area (TPSA) is 127 Å². The number of ether oxygens (including phenoxy) is 2. The number of para-hydroxylation sites is 1. The maximum absolute atomic E-state index is 14.5. The van der Waals surface area contributed by atoms with Crippen LogP contribution in [-0.2, 0) is 30.5 Å². The molecule has 11 nitrogen and oxygen atoms in total. The van der Waals surface area contributed by atoms with Crippen molar-refractivity contribution in [3.8, 4) is 0 Å². The molecule has 4 aliphatic heterocycles. The van der Waals surface area contributed by atoms with Crippen LogP contribution in [-0.4, -0.2) is 91.2 Å². The van der Waals surface area contributed by atoms with Gasteiger partial charge in [0.2, 0.25) is 5.91 Å². The molecule has 1 aromatic heterocycles. The Morgan fingerprint density at radius 2 is 1.88 bits per heavy atom. The first-order valence-corrected chi connectivity index (χ1v) is 14.6. The minimum atomic E-state index is -1.33. The van der Waals surface area contributed by atoms with Gasteiger partial charge in [-0.1, -0.05) is 41.7 Å². The van der Waals surface area contributed by atoms with E-state index in [1.165, 1.54) is 0 Å². The molecule has 4 aliphatic rings. The first-order valence-electron chi connectivity index (χ1n) is 14.6. The summed E-state index contributed by atoms with van der Waals surface area (Å²) in [6.45, 7) is 2.93. The van der Waals surface area contributed by atoms with Crippen LogP contribution in [0.4, 0.5) is 0 Å². The number of hydrogen-bond acceptors (Lipinski definition) is 8. The molecule has 218 valence electrons. The summed E-state index contributed by atoms with van der Waals surface area (Å²) >= 11 is 0. The Morgan fingerprint density at radius 3 is 2.73 bits per heavy atom. The van der Waals surface area contributed by atoms with Crippen LogP contribution in [0.25, 0.3) is 11.0 Å². The lowest BCUT2D eigenvalue weighted by Gasteiger charge is -2.37. The second-order valence-electron chi connectivity index (χ2n) is 11.6. The third-order valence-corrected chi connectivity index (χ3v) is 8.87. The summed E-state index contributed by atoms with van der Waals surface area (Å²) in [6, 6.07) is 6.59. The molecule has 41 heavy (non-hydrogen) atoms. The zero-order valence-electron chi connectivity index (χ0n) is 23.4. The number of esters is 1. The first kappa shape index (κ1) is 27.6. The summed E-state index contributed by atoms with van der Waals surface area (Å²) in [5.41, 5.74) is -0.921. The second kappa shape index (κ2) is 11.0. The molecular formula is C30H37N5O6. The molecule has 1 aromatic carbocycles. The van der Waals surface area contributed by atoms with Crippen LogP contribution in [0, 0.1) is 11.8 Å². The van der Waals surface area contributed by atoms with E-state index in [2.05, 4.69) is 10.3 Å². The van der Waals surface area contributed by atoms with E-state index in [1.54, 1.807) is 14.5 Å². The number of aliphatic hydroxyl groups is 1. The van der Waals surface area contributed by atoms with E-state index in [0.717, 1.165) is 30.3 Å². The van der Waals surface area contributed by atoms with E-state index in [4.69, 9.17) is 9.47 Å². The van der Waals surface area contributed by atoms with E-state index in [1.807, 2.05) is 55.5 Å². The number of aromatic nitrogens is 3. The molecule has 11 heteroatoms. The van der Waals surface area contributed by atoms with Gasteiger partial charge in [0.15, 0.2) is 0 Å². The molecule has 6 rings (SSSR count). The predicted octanol–water partition coefficient (Wildman–Crippen LogP) is 2.20. The number of cyclic esters (lactones) is 1. The summed E-state index contributed by atoms with van der Waals surface area (Å²) in [4.78, 5) is 45.6. The van der Waals surface area contributed by atoms with E-state index in [0.29, 0.717) is 25.8 Å². The number of aliphatic hydroxyl groups excluding tert-OH is 1. The summed E-state index contributed by atoms with van der Waals surface area (Å²) in [5.74, 6) is -2.80. The van der Waals surface area contributed by atoms with E-state index in [-0.39, 0.29) is 38.2 Å². The van der Waals surface area contributed by atoms with Gasteiger partial charge >= 0.3 is 5.97 Å². The van der Waals surface area contributed by atoms with Crippen molar-refractivity contribution in [2.45, 2.75) is 69.4 Å². The van der Waals surface area contributed by atoms with Crippen molar-refractivity contribution in [1.29, 1.82) is 0 Å². The molecule has 1 unspecified atom stereocenters. The van der Waals surface area contributed by atoms with Gasteiger partial charge in [0.05, 0.1) is 23.6 Å². The Morgan fingerprint density at radius 1 is 1.02 bits per heavy atom. The third kappa shape index (κ3) is 4.64. The van der Waals surface area contributed by atoms with Crippen molar-refractivity contribution >= 4 is 28.8 Å². The van der Waals surface area contributed by atoms with Crippen molar-refractivity contribution < 1.29 is 29.0 Å². The van der Waals surface area contributed by atoms with Crippen LogP contribution in [0.2, 0.25) is 0 Å². The average molecular weight is 564 g/mol. The molecule has 0 radical (unpaired) electrons. The van der Waals surface area contributed by atoms with E-state index in [9.17, 15) is 19.5 Å². The van der Waals surface area contributed by atoms with Gasteiger partial charge in [0.25, 0.3) is 5.91 Å². The molecule has 2 aromatic rings. The van der Waals surface area contributed by atoms with Gasteiger partial charge in [-0.05, 0) is 57.6 Å². The second-order valence-corrected chi connectivity index (χ2v) is 11.6. The van der Waals surface area contributed by atoms with Crippen LogP contribution >= 0.6 is 0 Å². The zero-order chi connectivity index (χ0) is 28.6. The Balaban J connectivity index is 1.39. The van der Waals surface area contributed by atoms with Gasteiger partial charge in [0.1, 0.15) is 29.7 Å². The number of nitrogens with zero attached hydrogens (tertiary/aromatic N) is 5. The maximum Gasteiger partial charge on any atom is 0.313 e. The number of hydrogen-bond donors (Lipinski definition) is 1. The standard InChI is InChI=1S/C30H37N5O6/c1-29-14-7-2-3-10-19-40-28(39)24(29)23-26(37)34(17-8-4-9-18-36)25-27(38)33(16-11-15-30(23,25)41-29)20-35-22-13-6-5-12-21(22)31-32-35/h5-7,11-15,23-25,36H,2-4,8-10,16-20H2,1H3/b14-7-/t23-,24+,25?,29-,30-/m0/s1. The molecular weight excluding hydrogens is 526 g/mol. The fraction of sp³-hybridized carbons (Fsp3) is 0.567. The lowest BCUT2D eigenvalue weighted by molar-refractivity contribution is -0.160. The molecule has 2 amide bonds. The Kier molecular flexibility index (Phi) is 7.41. The van der Waals surface area contributed by atoms with Crippen LogP contribution in [0.3, 0.4) is 0 Å². The van der Waals surface area contributed by atoms with Crippen molar-refractivity contribution in [3.05, 3.63) is 48.6 Å². The molecule has 5 atom stereocenters. The van der Waals surface area contributed by atoms with Gasteiger partial charge < -0.3 is 24.4 Å². The normalized spacial score (nSPS) is 32.4. The smallest absolute Gasteiger partial charge is 0.313 e. The number of benzene rings is 1. The highest BCUT2D eigenvalue weighted by atomic mass is 16.6. The van der Waals surface area contributed by atoms with Gasteiger partial charge in [-0.3, -0.25) is 14.4 Å². The summed E-state index contributed by atoms with van der Waals surface area (Å²) in [6.07, 6.45) is 12.0. The Labute approximate surface area is 238 Å². The number of allylic oxidation sites excluding steroid dienone is 1. The first-order chi connectivity index (χ1) is 19.9. The Hall–Kier alpha value is -3.57. The fourth-order valence-corrected chi connectivity index (χ4v) is 6.97. The molecule has 5 heterocycles. The molecule has 2 saturated heterocycles. The van der Waals surface area contributed by atoms with Crippen LogP contribution in [0.5, 0.6) is 0 Å². The van der Waals surface area contributed by atoms with Crippen molar-refractivity contribution in [2.75, 3.05) is 26.3 Å². The predicted molar refractivity (Wildman–Crippen MR) is 148 cm³/mol. The van der Waals surface area contributed by atoms with Crippen LogP contribution in [0.1, 0.15) is 45.4 Å². The summed E-state index contributed by atoms with van der Waals surface area (Å²) in [5, 5.41) is 17.8.